The number of aromatic amines is 1. The van der Waals surface area contributed by atoms with Crippen LogP contribution in [-0.2, 0) is 43.3 Å². The van der Waals surface area contributed by atoms with Crippen molar-refractivity contribution in [3.8, 4) is 17.2 Å². The average Bonchev–Trinajstić information content (AvgIpc) is 4.01. The van der Waals surface area contributed by atoms with Crippen molar-refractivity contribution in [3.63, 3.8) is 0 Å². The van der Waals surface area contributed by atoms with Crippen LogP contribution in [0.2, 0.25) is 0 Å². The Morgan fingerprint density at radius 3 is 2.64 bits per heavy atom. The van der Waals surface area contributed by atoms with Gasteiger partial charge in [-0.05, 0) is 105 Å². The minimum Gasteiger partial charge on any atom is -0.492 e. The number of carbonyl (C=O) groups excluding carboxylic acids is 3. The molecule has 6 aliphatic rings. The van der Waals surface area contributed by atoms with Gasteiger partial charge in [-0.2, -0.15) is 0 Å². The van der Waals surface area contributed by atoms with Crippen molar-refractivity contribution in [2.45, 2.75) is 88.9 Å². The molecule has 5 heterocycles. The summed E-state index contributed by atoms with van der Waals surface area (Å²) in [6.45, 7) is 3.29. The van der Waals surface area contributed by atoms with Crippen LogP contribution in [0.15, 0.2) is 53.5 Å². The third-order valence-electron chi connectivity index (χ3n) is 15.4. The highest BCUT2D eigenvalue weighted by Crippen LogP contribution is 2.59. The van der Waals surface area contributed by atoms with Gasteiger partial charge in [0.1, 0.15) is 34.7 Å². The Morgan fingerprint density at radius 2 is 1.90 bits per heavy atom. The molecule has 9 rings (SSSR count). The van der Waals surface area contributed by atoms with Crippen LogP contribution >= 0.6 is 0 Å². The Hall–Kier alpha value is -4.87. The van der Waals surface area contributed by atoms with E-state index in [9.17, 15) is 39.9 Å². The molecule has 4 aliphatic heterocycles. The van der Waals surface area contributed by atoms with E-state index in [1.165, 1.54) is 0 Å². The quantitative estimate of drug-likeness (QED) is 0.0569. The number of allylic oxidation sites excluding steroid dienone is 3. The van der Waals surface area contributed by atoms with Gasteiger partial charge in [0, 0.05) is 98.9 Å². The molecule has 15 heteroatoms. The minimum atomic E-state index is -1.44. The van der Waals surface area contributed by atoms with Gasteiger partial charge in [0.15, 0.2) is 6.29 Å². The normalized spacial score (nSPS) is 29.3. The van der Waals surface area contributed by atoms with Crippen LogP contribution in [0.25, 0.3) is 16.5 Å². The van der Waals surface area contributed by atoms with Gasteiger partial charge in [0.25, 0.3) is 0 Å². The standard InChI is InChI=1S/C52H64N2O13/c1-3-64-51(61)50-39(26-58)44-33-18-34(25-57)46(60)37(20-33)36-19-31-11-13-53-42(31)21-30(36)8-7-29(24-56)28-65-48-38-22-43(66-47(38)40(27-59)49(67-50)45(44)48)52(62)35(6-4-16-55)10-9-32-23-54(14-5-17-63-2)15-12-41(32)52/h9-11,13,19,21,26,29,32,34-35,37,41,43,53,55-57,59,62H,3-8,12,14-18,20,22-25,27-28H2,1-2H3/b44-33-/t29-,32+,34+,35+,37+,41-,43-,52+/m0/s1. The lowest BCUT2D eigenvalue weighted by atomic mass is 9.60. The molecule has 2 bridgehead atoms. The van der Waals surface area contributed by atoms with E-state index >= 15 is 0 Å². The number of Topliss-reactive ketones (excluding diaryl/α,β-unsaturated/α-hetero) is 1. The van der Waals surface area contributed by atoms with Crippen molar-refractivity contribution in [1.29, 1.82) is 0 Å². The van der Waals surface area contributed by atoms with Crippen LogP contribution in [0.5, 0.6) is 17.2 Å². The molecular formula is C52H64N2O13. The van der Waals surface area contributed by atoms with Crippen molar-refractivity contribution in [1.82, 2.24) is 9.88 Å². The zero-order valence-corrected chi connectivity index (χ0v) is 38.5. The number of methoxy groups -OCH3 is 1. The topological polar surface area (TPSA) is 218 Å². The number of aliphatic hydroxyl groups excluding tert-OH is 4. The summed E-state index contributed by atoms with van der Waals surface area (Å²) in [5.41, 5.74) is 2.92. The summed E-state index contributed by atoms with van der Waals surface area (Å²) in [6.07, 6.45) is 9.66. The number of rotatable bonds is 14. The molecule has 0 radical (unpaired) electrons. The van der Waals surface area contributed by atoms with E-state index in [1.807, 2.05) is 24.4 Å². The van der Waals surface area contributed by atoms with E-state index in [0.717, 1.165) is 48.1 Å². The second-order valence-corrected chi connectivity index (χ2v) is 19.2. The predicted molar refractivity (Wildman–Crippen MR) is 246 cm³/mol. The molecule has 360 valence electrons. The Bertz CT molecular complexity index is 2470. The average molecular weight is 925 g/mol. The fourth-order valence-electron chi connectivity index (χ4n) is 12.1. The monoisotopic (exact) mass is 924 g/mol. The Morgan fingerprint density at radius 1 is 1.04 bits per heavy atom. The number of likely N-dealkylation sites (tertiary alicyclic amines) is 1. The number of aryl methyl sites for hydroxylation is 1. The Balaban J connectivity index is 1.24. The van der Waals surface area contributed by atoms with Gasteiger partial charge in [-0.25, -0.2) is 4.79 Å². The van der Waals surface area contributed by atoms with Crippen LogP contribution in [0.3, 0.4) is 0 Å². The fourth-order valence-corrected chi connectivity index (χ4v) is 12.1. The van der Waals surface area contributed by atoms with E-state index in [1.54, 1.807) is 14.0 Å². The molecule has 2 aliphatic carbocycles. The summed E-state index contributed by atoms with van der Waals surface area (Å²) in [7, 11) is 1.70. The molecule has 8 atom stereocenters. The first-order valence-corrected chi connectivity index (χ1v) is 24.1. The third kappa shape index (κ3) is 8.44. The zero-order chi connectivity index (χ0) is 47.0. The highest BCUT2D eigenvalue weighted by molar-refractivity contribution is 6.11. The summed E-state index contributed by atoms with van der Waals surface area (Å²) in [5, 5.41) is 57.7. The van der Waals surface area contributed by atoms with E-state index in [4.69, 9.17) is 23.7 Å². The van der Waals surface area contributed by atoms with Crippen molar-refractivity contribution >= 4 is 34.5 Å². The largest absolute Gasteiger partial charge is 0.492 e. The molecule has 1 aromatic heterocycles. The number of hydrogen-bond acceptors (Lipinski definition) is 14. The van der Waals surface area contributed by atoms with Gasteiger partial charge in [-0.15, -0.1) is 0 Å². The van der Waals surface area contributed by atoms with E-state index in [0.29, 0.717) is 56.1 Å². The second kappa shape index (κ2) is 20.0. The van der Waals surface area contributed by atoms with E-state index < -0.39 is 54.4 Å². The van der Waals surface area contributed by atoms with Crippen LogP contribution in [0, 0.1) is 29.6 Å². The number of H-pyrrole nitrogens is 1. The number of ketones is 1. The van der Waals surface area contributed by atoms with Gasteiger partial charge in [0.05, 0.1) is 43.1 Å². The lowest BCUT2D eigenvalue weighted by Crippen LogP contribution is -2.62. The maximum atomic E-state index is 14.5. The zero-order valence-electron chi connectivity index (χ0n) is 38.5. The molecule has 2 fully saturated rings. The Kier molecular flexibility index (Phi) is 14.1. The maximum Gasteiger partial charge on any atom is 0.375 e. The van der Waals surface area contributed by atoms with Crippen LogP contribution in [0.1, 0.15) is 85.6 Å². The van der Waals surface area contributed by atoms with E-state index in [-0.39, 0.29) is 109 Å². The van der Waals surface area contributed by atoms with Gasteiger partial charge < -0.3 is 59.1 Å². The molecule has 15 nitrogen and oxygen atoms in total. The molecule has 2 aromatic carbocycles. The molecule has 6 N–H and O–H groups in total. The van der Waals surface area contributed by atoms with Crippen molar-refractivity contribution in [2.75, 3.05) is 66.4 Å². The number of fused-ring (bicyclic) bond motifs is 8. The first-order chi connectivity index (χ1) is 32.6. The van der Waals surface area contributed by atoms with Crippen molar-refractivity contribution < 1.29 is 63.6 Å². The number of hydrogen-bond donors (Lipinski definition) is 6. The first kappa shape index (κ1) is 47.2. The summed E-state index contributed by atoms with van der Waals surface area (Å²) in [6, 6.07) is 5.97. The fraction of sp³-hybridized carbons (Fsp3) is 0.558. The highest BCUT2D eigenvalue weighted by atomic mass is 16.6. The van der Waals surface area contributed by atoms with Crippen molar-refractivity contribution in [3.05, 3.63) is 81.3 Å². The van der Waals surface area contributed by atoms with Crippen LogP contribution < -0.4 is 14.2 Å². The second-order valence-electron chi connectivity index (χ2n) is 19.2. The van der Waals surface area contributed by atoms with Crippen molar-refractivity contribution in [2.24, 2.45) is 29.6 Å². The first-order valence-electron chi connectivity index (χ1n) is 24.1. The molecule has 0 unspecified atom stereocenters. The van der Waals surface area contributed by atoms with Gasteiger partial charge in [-0.3, -0.25) is 9.59 Å². The van der Waals surface area contributed by atoms with Gasteiger partial charge in [-0.1, -0.05) is 17.7 Å². The predicted octanol–water partition coefficient (Wildman–Crippen LogP) is 4.48. The number of ether oxygens (including phenoxy) is 5. The Labute approximate surface area is 390 Å². The number of aldehydes is 1. The third-order valence-corrected chi connectivity index (χ3v) is 15.4. The molecule has 0 amide bonds. The number of benzene rings is 2. The molecule has 3 aromatic rings. The van der Waals surface area contributed by atoms with Gasteiger partial charge in [0.2, 0.25) is 5.76 Å². The molecule has 1 saturated carbocycles. The minimum absolute atomic E-state index is 0.00435. The molecule has 67 heavy (non-hydrogen) atoms. The number of piperidine rings is 1. The SMILES string of the molecule is CCOC(=O)C1=C(C=O)/C2=C3\C[C@H](CO)C(=O)[C@H](C3)c3cc4cc[nH]c4cc3CC[C@@H](CO)COc3c4c(c(CO)c(c32)O1)O[C@H]([C@@]1(O)[C@H](CCCO)C=C[C@@H]2CN(CCCOC)CC[C@@H]21)C4. The maximum absolute atomic E-state index is 14.5. The molecule has 1 saturated heterocycles. The highest BCUT2D eigenvalue weighted by Gasteiger charge is 2.58. The smallest absolute Gasteiger partial charge is 0.375 e. The number of aliphatic hydroxyl groups is 5. The molecule has 0 spiro atoms. The summed E-state index contributed by atoms with van der Waals surface area (Å²) >= 11 is 0. The number of nitrogens with one attached hydrogen (secondary N) is 1. The number of esters is 1. The van der Waals surface area contributed by atoms with Gasteiger partial charge >= 0.3 is 5.97 Å². The molecular weight excluding hydrogens is 861 g/mol. The summed E-state index contributed by atoms with van der Waals surface area (Å²) in [4.78, 5) is 47.8. The lowest BCUT2D eigenvalue weighted by molar-refractivity contribution is -0.154. The van der Waals surface area contributed by atoms with Crippen LogP contribution in [0.4, 0.5) is 0 Å². The lowest BCUT2D eigenvalue weighted by Gasteiger charge is -2.53. The summed E-state index contributed by atoms with van der Waals surface area (Å²) < 4.78 is 31.3. The number of carbonyl (C=O) groups is 3. The van der Waals surface area contributed by atoms with E-state index in [2.05, 4.69) is 22.0 Å². The van der Waals surface area contributed by atoms with Crippen LogP contribution in [-0.4, -0.2) is 132 Å². The number of nitrogens with zero attached hydrogens (tertiary/aromatic N) is 1. The summed E-state index contributed by atoms with van der Waals surface area (Å²) in [5.74, 6) is -3.54. The number of aromatic nitrogens is 1.